The van der Waals surface area contributed by atoms with Crippen molar-refractivity contribution in [3.8, 4) is 0 Å². The van der Waals surface area contributed by atoms with Crippen LogP contribution in [0.1, 0.15) is 18.4 Å². The van der Waals surface area contributed by atoms with Crippen molar-refractivity contribution >= 4 is 35.1 Å². The molecule has 0 atom stereocenters. The summed E-state index contributed by atoms with van der Waals surface area (Å²) in [6, 6.07) is 5.10. The first-order valence-electron chi connectivity index (χ1n) is 6.11. The number of hydrogen-bond acceptors (Lipinski definition) is 2. The van der Waals surface area contributed by atoms with E-state index in [0.29, 0.717) is 10.0 Å². The molecule has 0 radical (unpaired) electrons. The van der Waals surface area contributed by atoms with Crippen molar-refractivity contribution in [3.63, 3.8) is 0 Å². The molecule has 2 fully saturated rings. The normalized spacial score (nSPS) is 19.5. The molecule has 3 amide bonds. The Morgan fingerprint density at radius 2 is 1.95 bits per heavy atom. The summed E-state index contributed by atoms with van der Waals surface area (Å²) in [5.74, 6) is -0.164. The van der Waals surface area contributed by atoms with Gasteiger partial charge in [-0.2, -0.15) is 0 Å². The Kier molecular flexibility index (Phi) is 3.15. The molecule has 0 aromatic heterocycles. The minimum absolute atomic E-state index is 0.164. The number of urea groups is 1. The number of carbonyl (C=O) groups is 2. The Labute approximate surface area is 120 Å². The predicted octanol–water partition coefficient (Wildman–Crippen LogP) is 2.92. The molecule has 0 spiro atoms. The molecule has 100 valence electrons. The fraction of sp³-hybridized carbons (Fsp3) is 0.385. The van der Waals surface area contributed by atoms with Gasteiger partial charge in [0, 0.05) is 16.1 Å². The third kappa shape index (κ3) is 2.42. The van der Waals surface area contributed by atoms with Gasteiger partial charge in [-0.25, -0.2) is 4.79 Å². The van der Waals surface area contributed by atoms with Crippen LogP contribution in [0, 0.1) is 0 Å². The molecular weight excluding hydrogens is 287 g/mol. The molecule has 0 N–H and O–H groups in total. The smallest absolute Gasteiger partial charge is 0.312 e. The van der Waals surface area contributed by atoms with E-state index in [4.69, 9.17) is 23.2 Å². The zero-order chi connectivity index (χ0) is 13.6. The number of carbonyl (C=O) groups excluding carboxylic acids is 2. The second-order valence-electron chi connectivity index (χ2n) is 4.86. The second kappa shape index (κ2) is 4.69. The standard InChI is InChI=1S/C13H12Cl2N2O2/c14-9-2-1-8(11(15)5-9)6-17-12(18)7-16(13(17)19)10-3-4-10/h1-2,5,10H,3-4,6-7H2. The molecule has 1 aromatic rings. The summed E-state index contributed by atoms with van der Waals surface area (Å²) in [6.45, 7) is 0.394. The van der Waals surface area contributed by atoms with Crippen LogP contribution in [0.3, 0.4) is 0 Å². The van der Waals surface area contributed by atoms with Crippen molar-refractivity contribution in [1.82, 2.24) is 9.80 Å². The first kappa shape index (κ1) is 12.8. The van der Waals surface area contributed by atoms with E-state index in [2.05, 4.69) is 0 Å². The van der Waals surface area contributed by atoms with Gasteiger partial charge in [-0.1, -0.05) is 29.3 Å². The molecule has 3 rings (SSSR count). The Balaban J connectivity index is 1.78. The number of imide groups is 1. The Hall–Kier alpha value is -1.26. The fourth-order valence-corrected chi connectivity index (χ4v) is 2.68. The van der Waals surface area contributed by atoms with Gasteiger partial charge in [-0.05, 0) is 30.5 Å². The quantitative estimate of drug-likeness (QED) is 0.805. The van der Waals surface area contributed by atoms with Gasteiger partial charge in [0.1, 0.15) is 6.54 Å². The highest BCUT2D eigenvalue weighted by atomic mass is 35.5. The minimum Gasteiger partial charge on any atom is -0.312 e. The zero-order valence-corrected chi connectivity index (χ0v) is 11.6. The Morgan fingerprint density at radius 3 is 2.58 bits per heavy atom. The van der Waals surface area contributed by atoms with Gasteiger partial charge < -0.3 is 4.90 Å². The SMILES string of the molecule is O=C1CN(C2CC2)C(=O)N1Cc1ccc(Cl)cc1Cl. The number of amides is 3. The van der Waals surface area contributed by atoms with Crippen molar-refractivity contribution in [2.45, 2.75) is 25.4 Å². The molecule has 1 saturated carbocycles. The van der Waals surface area contributed by atoms with Crippen LogP contribution in [0.5, 0.6) is 0 Å². The van der Waals surface area contributed by atoms with E-state index in [9.17, 15) is 9.59 Å². The number of hydrogen-bond donors (Lipinski definition) is 0. The molecule has 1 aromatic carbocycles. The Bertz CT molecular complexity index is 558. The molecule has 1 aliphatic heterocycles. The highest BCUT2D eigenvalue weighted by Gasteiger charge is 2.43. The average Bonchev–Trinajstić information content (AvgIpc) is 3.14. The van der Waals surface area contributed by atoms with Crippen molar-refractivity contribution in [2.24, 2.45) is 0 Å². The lowest BCUT2D eigenvalue weighted by Crippen LogP contribution is -2.33. The summed E-state index contributed by atoms with van der Waals surface area (Å²) in [6.07, 6.45) is 1.99. The summed E-state index contributed by atoms with van der Waals surface area (Å²) in [5, 5.41) is 1.01. The lowest BCUT2D eigenvalue weighted by Gasteiger charge is -2.17. The summed E-state index contributed by atoms with van der Waals surface area (Å²) in [4.78, 5) is 26.9. The minimum atomic E-state index is -0.210. The van der Waals surface area contributed by atoms with Gasteiger partial charge in [-0.3, -0.25) is 9.69 Å². The highest BCUT2D eigenvalue weighted by molar-refractivity contribution is 6.35. The van der Waals surface area contributed by atoms with Crippen LogP contribution in [0.2, 0.25) is 10.0 Å². The van der Waals surface area contributed by atoms with E-state index < -0.39 is 0 Å². The van der Waals surface area contributed by atoms with Gasteiger partial charge >= 0.3 is 6.03 Å². The number of rotatable bonds is 3. The van der Waals surface area contributed by atoms with Crippen molar-refractivity contribution in [3.05, 3.63) is 33.8 Å². The van der Waals surface area contributed by atoms with Gasteiger partial charge in [0.2, 0.25) is 0 Å². The molecule has 4 nitrogen and oxygen atoms in total. The van der Waals surface area contributed by atoms with E-state index in [0.717, 1.165) is 18.4 Å². The van der Waals surface area contributed by atoms with E-state index in [-0.39, 0.29) is 31.1 Å². The topological polar surface area (TPSA) is 40.6 Å². The molecule has 0 unspecified atom stereocenters. The van der Waals surface area contributed by atoms with E-state index >= 15 is 0 Å². The summed E-state index contributed by atoms with van der Waals surface area (Å²) >= 11 is 11.9. The third-order valence-corrected chi connectivity index (χ3v) is 4.00. The molecule has 0 bridgehead atoms. The third-order valence-electron chi connectivity index (χ3n) is 3.41. The van der Waals surface area contributed by atoms with Crippen molar-refractivity contribution in [2.75, 3.05) is 6.54 Å². The summed E-state index contributed by atoms with van der Waals surface area (Å²) < 4.78 is 0. The van der Waals surface area contributed by atoms with Crippen LogP contribution in [0.25, 0.3) is 0 Å². The van der Waals surface area contributed by atoms with Crippen molar-refractivity contribution in [1.29, 1.82) is 0 Å². The van der Waals surface area contributed by atoms with Crippen LogP contribution in [-0.2, 0) is 11.3 Å². The first-order valence-corrected chi connectivity index (χ1v) is 6.87. The molecule has 6 heteroatoms. The highest BCUT2D eigenvalue weighted by Crippen LogP contribution is 2.31. The molecule has 1 heterocycles. The van der Waals surface area contributed by atoms with Crippen LogP contribution >= 0.6 is 23.2 Å². The molecule has 1 aliphatic carbocycles. The van der Waals surface area contributed by atoms with Crippen molar-refractivity contribution < 1.29 is 9.59 Å². The van der Waals surface area contributed by atoms with Crippen LogP contribution in [-0.4, -0.2) is 34.3 Å². The second-order valence-corrected chi connectivity index (χ2v) is 5.70. The van der Waals surface area contributed by atoms with E-state index in [1.165, 1.54) is 4.90 Å². The van der Waals surface area contributed by atoms with Gasteiger partial charge in [-0.15, -0.1) is 0 Å². The lowest BCUT2D eigenvalue weighted by atomic mass is 10.2. The predicted molar refractivity (Wildman–Crippen MR) is 72.1 cm³/mol. The summed E-state index contributed by atoms with van der Waals surface area (Å²) in [7, 11) is 0. The summed E-state index contributed by atoms with van der Waals surface area (Å²) in [5.41, 5.74) is 0.727. The zero-order valence-electron chi connectivity index (χ0n) is 10.1. The van der Waals surface area contributed by atoms with Gasteiger partial charge in [0.15, 0.2) is 0 Å². The van der Waals surface area contributed by atoms with Gasteiger partial charge in [0.25, 0.3) is 5.91 Å². The Morgan fingerprint density at radius 1 is 1.21 bits per heavy atom. The maximum atomic E-state index is 12.1. The van der Waals surface area contributed by atoms with E-state index in [1.807, 2.05) is 0 Å². The molecule has 1 saturated heterocycles. The number of benzene rings is 1. The van der Waals surface area contributed by atoms with E-state index in [1.54, 1.807) is 23.1 Å². The largest absolute Gasteiger partial charge is 0.327 e. The average molecular weight is 299 g/mol. The van der Waals surface area contributed by atoms with Gasteiger partial charge in [0.05, 0.1) is 6.54 Å². The molecule has 19 heavy (non-hydrogen) atoms. The molecule has 2 aliphatic rings. The van der Waals surface area contributed by atoms with Crippen LogP contribution < -0.4 is 0 Å². The fourth-order valence-electron chi connectivity index (χ4n) is 2.21. The maximum absolute atomic E-state index is 12.1. The number of halogens is 2. The molecular formula is C13H12Cl2N2O2. The van der Waals surface area contributed by atoms with Crippen LogP contribution in [0.4, 0.5) is 4.79 Å². The first-order chi connectivity index (χ1) is 9.06. The maximum Gasteiger partial charge on any atom is 0.327 e. The number of nitrogens with zero attached hydrogens (tertiary/aromatic N) is 2. The van der Waals surface area contributed by atoms with Crippen LogP contribution in [0.15, 0.2) is 18.2 Å². The lowest BCUT2D eigenvalue weighted by molar-refractivity contribution is -0.125. The monoisotopic (exact) mass is 298 g/mol.